The van der Waals surface area contributed by atoms with Crippen molar-refractivity contribution in [1.82, 2.24) is 5.32 Å². The average Bonchev–Trinajstić information content (AvgIpc) is 2.46. The minimum absolute atomic E-state index is 0.0267. The largest absolute Gasteiger partial charge is 0.346 e. The van der Waals surface area contributed by atoms with Crippen molar-refractivity contribution in [2.24, 2.45) is 0 Å². The summed E-state index contributed by atoms with van der Waals surface area (Å²) in [5, 5.41) is 3.02. The predicted molar refractivity (Wildman–Crippen MR) is 93.5 cm³/mol. The Bertz CT molecular complexity index is 617. The molecule has 2 rings (SSSR count). The molecule has 2 nitrogen and oxygen atoms in total. The molecule has 0 aliphatic heterocycles. The summed E-state index contributed by atoms with van der Waals surface area (Å²) in [7, 11) is 0. The summed E-state index contributed by atoms with van der Waals surface area (Å²) in [5.74, 6) is -0.0796. The van der Waals surface area contributed by atoms with Gasteiger partial charge < -0.3 is 5.32 Å². The van der Waals surface area contributed by atoms with Crippen molar-refractivity contribution in [3.63, 3.8) is 0 Å². The van der Waals surface area contributed by atoms with Crippen LogP contribution in [0, 0.1) is 0 Å². The zero-order valence-corrected chi connectivity index (χ0v) is 15.2. The van der Waals surface area contributed by atoms with Crippen molar-refractivity contribution in [1.29, 1.82) is 0 Å². The summed E-state index contributed by atoms with van der Waals surface area (Å²) >= 11 is 6.80. The molecule has 0 spiro atoms. The highest BCUT2D eigenvalue weighted by Crippen LogP contribution is 2.21. The first-order chi connectivity index (χ1) is 9.99. The molecule has 1 unspecified atom stereocenters. The number of hydrogen-bond acceptors (Lipinski definition) is 1. The van der Waals surface area contributed by atoms with Crippen LogP contribution >= 0.6 is 31.9 Å². The van der Waals surface area contributed by atoms with Crippen molar-refractivity contribution in [2.45, 2.75) is 26.3 Å². The molecule has 1 N–H and O–H groups in total. The van der Waals surface area contributed by atoms with E-state index < -0.39 is 0 Å². The van der Waals surface area contributed by atoms with Crippen LogP contribution in [-0.4, -0.2) is 5.91 Å². The molecule has 0 aliphatic carbocycles. The zero-order chi connectivity index (χ0) is 15.4. The van der Waals surface area contributed by atoms with Crippen LogP contribution in [0.1, 0.15) is 41.4 Å². The fourth-order valence-electron chi connectivity index (χ4n) is 2.09. The summed E-state index contributed by atoms with van der Waals surface area (Å²) in [6.07, 6.45) is 1.02. The molecule has 0 fully saturated rings. The van der Waals surface area contributed by atoms with Gasteiger partial charge in [-0.1, -0.05) is 63.0 Å². The molecular weight excluding hydrogens is 394 g/mol. The Balaban J connectivity index is 2.10. The molecule has 0 aromatic heterocycles. The van der Waals surface area contributed by atoms with Crippen LogP contribution < -0.4 is 5.32 Å². The summed E-state index contributed by atoms with van der Waals surface area (Å²) < 4.78 is 1.75. The van der Waals surface area contributed by atoms with Gasteiger partial charge >= 0.3 is 0 Å². The highest BCUT2D eigenvalue weighted by atomic mass is 79.9. The molecule has 0 saturated carbocycles. The molecule has 110 valence electrons. The fraction of sp³-hybridized carbons (Fsp3) is 0.235. The molecule has 0 bridgehead atoms. The van der Waals surface area contributed by atoms with E-state index in [9.17, 15) is 4.79 Å². The zero-order valence-electron chi connectivity index (χ0n) is 12.0. The van der Waals surface area contributed by atoms with E-state index in [0.29, 0.717) is 5.56 Å². The Hall–Kier alpha value is -1.13. The first kappa shape index (κ1) is 16.2. The maximum Gasteiger partial charge on any atom is 0.251 e. The normalized spacial score (nSPS) is 12.0. The van der Waals surface area contributed by atoms with Crippen LogP contribution in [0.15, 0.2) is 51.4 Å². The van der Waals surface area contributed by atoms with Gasteiger partial charge in [-0.2, -0.15) is 0 Å². The summed E-state index contributed by atoms with van der Waals surface area (Å²) in [6, 6.07) is 13.9. The predicted octanol–water partition coefficient (Wildman–Crippen LogP) is 5.27. The van der Waals surface area contributed by atoms with E-state index in [1.54, 1.807) is 0 Å². The second-order valence-electron chi connectivity index (χ2n) is 4.95. The lowest BCUT2D eigenvalue weighted by atomic mass is 10.0. The monoisotopic (exact) mass is 409 g/mol. The van der Waals surface area contributed by atoms with Gasteiger partial charge in [-0.25, -0.2) is 0 Å². The number of carbonyl (C=O) groups excluding carboxylic acids is 1. The molecule has 2 aromatic carbocycles. The Morgan fingerprint density at radius 1 is 1.10 bits per heavy atom. The number of aryl methyl sites for hydroxylation is 1. The second kappa shape index (κ2) is 7.23. The number of carbonyl (C=O) groups is 1. The minimum atomic E-state index is -0.0796. The number of nitrogens with one attached hydrogen (secondary N) is 1. The summed E-state index contributed by atoms with van der Waals surface area (Å²) in [4.78, 5) is 12.3. The third-order valence-corrected chi connectivity index (χ3v) is 4.28. The Morgan fingerprint density at radius 2 is 1.67 bits per heavy atom. The van der Waals surface area contributed by atoms with Crippen molar-refractivity contribution in [3.8, 4) is 0 Å². The maximum atomic E-state index is 12.3. The molecule has 1 atom stereocenters. The number of benzene rings is 2. The molecule has 21 heavy (non-hydrogen) atoms. The van der Waals surface area contributed by atoms with E-state index in [-0.39, 0.29) is 11.9 Å². The molecular formula is C17H17Br2NO. The molecule has 0 aliphatic rings. The molecule has 0 heterocycles. The van der Waals surface area contributed by atoms with Crippen LogP contribution in [0.2, 0.25) is 0 Å². The number of amides is 1. The average molecular weight is 411 g/mol. The summed E-state index contributed by atoms with van der Waals surface area (Å²) in [6.45, 7) is 4.12. The van der Waals surface area contributed by atoms with Gasteiger partial charge in [-0.15, -0.1) is 0 Å². The maximum absolute atomic E-state index is 12.3. The topological polar surface area (TPSA) is 29.1 Å². The first-order valence-electron chi connectivity index (χ1n) is 6.85. The van der Waals surface area contributed by atoms with Gasteiger partial charge in [0.1, 0.15) is 0 Å². The first-order valence-corrected chi connectivity index (χ1v) is 8.44. The Kier molecular flexibility index (Phi) is 5.59. The second-order valence-corrected chi connectivity index (χ2v) is 6.78. The smallest absolute Gasteiger partial charge is 0.251 e. The lowest BCUT2D eigenvalue weighted by Crippen LogP contribution is -2.26. The van der Waals surface area contributed by atoms with Crippen LogP contribution in [0.25, 0.3) is 0 Å². The van der Waals surface area contributed by atoms with Gasteiger partial charge in [0.2, 0.25) is 0 Å². The van der Waals surface area contributed by atoms with E-state index >= 15 is 0 Å². The molecule has 2 aromatic rings. The molecule has 0 radical (unpaired) electrons. The Labute approximate surface area is 142 Å². The molecule has 4 heteroatoms. The SMILES string of the molecule is CCc1ccc(C(C)NC(=O)c2cc(Br)cc(Br)c2)cc1. The standard InChI is InChI=1S/C17H17Br2NO/c1-3-12-4-6-13(7-5-12)11(2)20-17(21)14-8-15(18)10-16(19)9-14/h4-11H,3H2,1-2H3,(H,20,21). The van der Waals surface area contributed by atoms with Gasteiger partial charge in [-0.05, 0) is 42.7 Å². The van der Waals surface area contributed by atoms with Gasteiger partial charge in [-0.3, -0.25) is 4.79 Å². The van der Waals surface area contributed by atoms with Crippen molar-refractivity contribution in [2.75, 3.05) is 0 Å². The highest BCUT2D eigenvalue weighted by Gasteiger charge is 2.12. The van der Waals surface area contributed by atoms with Crippen molar-refractivity contribution < 1.29 is 4.79 Å². The van der Waals surface area contributed by atoms with Crippen LogP contribution in [-0.2, 0) is 6.42 Å². The van der Waals surface area contributed by atoms with Gasteiger partial charge in [0.05, 0.1) is 6.04 Å². The van der Waals surface area contributed by atoms with Crippen LogP contribution in [0.4, 0.5) is 0 Å². The fourth-order valence-corrected chi connectivity index (χ4v) is 3.38. The quantitative estimate of drug-likeness (QED) is 0.731. The van der Waals surface area contributed by atoms with E-state index in [1.165, 1.54) is 5.56 Å². The van der Waals surface area contributed by atoms with Crippen LogP contribution in [0.3, 0.4) is 0 Å². The van der Waals surface area contributed by atoms with E-state index in [0.717, 1.165) is 20.9 Å². The Morgan fingerprint density at radius 3 is 2.19 bits per heavy atom. The third-order valence-electron chi connectivity index (χ3n) is 3.36. The van der Waals surface area contributed by atoms with E-state index in [1.807, 2.05) is 25.1 Å². The summed E-state index contributed by atoms with van der Waals surface area (Å²) in [5.41, 5.74) is 3.04. The van der Waals surface area contributed by atoms with Gasteiger partial charge in [0.15, 0.2) is 0 Å². The van der Waals surface area contributed by atoms with Crippen molar-refractivity contribution >= 4 is 37.8 Å². The van der Waals surface area contributed by atoms with E-state index in [2.05, 4.69) is 68.4 Å². The van der Waals surface area contributed by atoms with Gasteiger partial charge in [0.25, 0.3) is 5.91 Å². The third kappa shape index (κ3) is 4.42. The van der Waals surface area contributed by atoms with Crippen molar-refractivity contribution in [3.05, 3.63) is 68.1 Å². The number of halogens is 2. The van der Waals surface area contributed by atoms with Crippen LogP contribution in [0.5, 0.6) is 0 Å². The molecule has 0 saturated heterocycles. The number of hydrogen-bond donors (Lipinski definition) is 1. The van der Waals surface area contributed by atoms with Gasteiger partial charge in [0, 0.05) is 14.5 Å². The van der Waals surface area contributed by atoms with E-state index in [4.69, 9.17) is 0 Å². The lowest BCUT2D eigenvalue weighted by molar-refractivity contribution is 0.0940. The minimum Gasteiger partial charge on any atom is -0.346 e. The highest BCUT2D eigenvalue weighted by molar-refractivity contribution is 9.11. The number of rotatable bonds is 4. The molecule has 1 amide bonds. The lowest BCUT2D eigenvalue weighted by Gasteiger charge is -2.15.